The Labute approximate surface area is 160 Å². The maximum Gasteiger partial charge on any atom is 0.295 e. The number of rotatable bonds is 7. The molecule has 0 spiro atoms. The van der Waals surface area contributed by atoms with E-state index in [1.54, 1.807) is 23.2 Å². The number of nitrogens with zero attached hydrogens (tertiary/aromatic N) is 5. The number of nitrogens with one attached hydrogen (secondary N) is 2. The number of carbonyl (C=O) groups excluding carboxylic acids is 2. The van der Waals surface area contributed by atoms with Crippen LogP contribution < -0.4 is 10.6 Å². The van der Waals surface area contributed by atoms with Gasteiger partial charge in [0.25, 0.3) is 5.91 Å². The van der Waals surface area contributed by atoms with Crippen molar-refractivity contribution in [1.29, 1.82) is 0 Å². The average molecular weight is 408 g/mol. The summed E-state index contributed by atoms with van der Waals surface area (Å²) in [4.78, 5) is 36.0. The fraction of sp³-hybridized carbons (Fsp3) is 0.214. The summed E-state index contributed by atoms with van der Waals surface area (Å²) in [6.45, 7) is 2.02. The van der Waals surface area contributed by atoms with Gasteiger partial charge in [-0.25, -0.2) is 15.0 Å². The Balaban J connectivity index is 1.54. The molecular weight excluding hydrogens is 394 g/mol. The van der Waals surface area contributed by atoms with Gasteiger partial charge in [0.2, 0.25) is 16.9 Å². The first kappa shape index (κ1) is 18.4. The van der Waals surface area contributed by atoms with Gasteiger partial charge in [-0.05, 0) is 11.8 Å². The van der Waals surface area contributed by atoms with Crippen molar-refractivity contribution in [2.24, 2.45) is 0 Å². The van der Waals surface area contributed by atoms with Gasteiger partial charge in [0.05, 0.1) is 12.1 Å². The smallest absolute Gasteiger partial charge is 0.295 e. The highest BCUT2D eigenvalue weighted by Crippen LogP contribution is 2.25. The first-order valence-corrected chi connectivity index (χ1v) is 10.1. The lowest BCUT2D eigenvalue weighted by Crippen LogP contribution is -2.16. The van der Waals surface area contributed by atoms with Crippen LogP contribution in [0.4, 0.5) is 10.3 Å². The standard InChI is InChI=1S/C14H13N7O2S3/c1-2-24-14-21-20-13(26-14)18-9(22)6-8-7-25-12(17-8)19-11(23)10-15-4-3-5-16-10/h3-5,7H,2,6H2,1H3,(H,17,19,23)(H,18,20,22). The van der Waals surface area contributed by atoms with Gasteiger partial charge in [-0.1, -0.05) is 30.0 Å². The van der Waals surface area contributed by atoms with Crippen LogP contribution >= 0.6 is 34.4 Å². The lowest BCUT2D eigenvalue weighted by molar-refractivity contribution is -0.115. The predicted molar refractivity (Wildman–Crippen MR) is 101 cm³/mol. The SMILES string of the molecule is CCSc1nnc(NC(=O)Cc2csc(NC(=O)c3ncccn3)n2)s1. The van der Waals surface area contributed by atoms with Crippen LogP contribution in [0.3, 0.4) is 0 Å². The molecule has 0 fully saturated rings. The number of amides is 2. The van der Waals surface area contributed by atoms with Crippen molar-refractivity contribution in [2.45, 2.75) is 17.7 Å². The number of hydrogen-bond donors (Lipinski definition) is 2. The van der Waals surface area contributed by atoms with Gasteiger partial charge in [0.15, 0.2) is 9.47 Å². The number of hydrogen-bond acceptors (Lipinski definition) is 10. The molecule has 3 rings (SSSR count). The van der Waals surface area contributed by atoms with Crippen molar-refractivity contribution in [1.82, 2.24) is 25.1 Å². The van der Waals surface area contributed by atoms with Crippen LogP contribution in [0.1, 0.15) is 23.2 Å². The molecule has 12 heteroatoms. The van der Waals surface area contributed by atoms with Crippen molar-refractivity contribution in [3.8, 4) is 0 Å². The van der Waals surface area contributed by atoms with Crippen LogP contribution in [-0.2, 0) is 11.2 Å². The summed E-state index contributed by atoms with van der Waals surface area (Å²) in [5.41, 5.74) is 0.546. The molecule has 3 heterocycles. The summed E-state index contributed by atoms with van der Waals surface area (Å²) in [5, 5.41) is 15.7. The molecule has 0 bridgehead atoms. The molecule has 0 unspecified atom stereocenters. The van der Waals surface area contributed by atoms with E-state index >= 15 is 0 Å². The van der Waals surface area contributed by atoms with Crippen LogP contribution in [0, 0.1) is 0 Å². The summed E-state index contributed by atoms with van der Waals surface area (Å²) in [5.74, 6) is 0.248. The molecule has 2 N–H and O–H groups in total. The summed E-state index contributed by atoms with van der Waals surface area (Å²) in [7, 11) is 0. The van der Waals surface area contributed by atoms with Crippen LogP contribution in [0.2, 0.25) is 0 Å². The molecule has 0 atom stereocenters. The number of aromatic nitrogens is 5. The normalized spacial score (nSPS) is 10.5. The number of anilines is 2. The Bertz CT molecular complexity index is 897. The van der Waals surface area contributed by atoms with Gasteiger partial charge in [0.1, 0.15) is 0 Å². The summed E-state index contributed by atoms with van der Waals surface area (Å²) in [6, 6.07) is 1.62. The maximum atomic E-state index is 12.1. The van der Waals surface area contributed by atoms with Gasteiger partial charge in [-0.3, -0.25) is 14.9 Å². The van der Waals surface area contributed by atoms with E-state index in [9.17, 15) is 9.59 Å². The van der Waals surface area contributed by atoms with E-state index in [-0.39, 0.29) is 18.2 Å². The highest BCUT2D eigenvalue weighted by molar-refractivity contribution is 8.01. The fourth-order valence-electron chi connectivity index (χ4n) is 1.78. The van der Waals surface area contributed by atoms with E-state index in [2.05, 4.69) is 35.8 Å². The molecule has 134 valence electrons. The average Bonchev–Trinajstić information content (AvgIpc) is 3.25. The van der Waals surface area contributed by atoms with Crippen LogP contribution in [-0.4, -0.2) is 42.7 Å². The molecule has 0 aromatic carbocycles. The topological polar surface area (TPSA) is 123 Å². The zero-order valence-electron chi connectivity index (χ0n) is 13.5. The Kier molecular flexibility index (Phi) is 6.20. The predicted octanol–water partition coefficient (Wildman–Crippen LogP) is 2.33. The lowest BCUT2D eigenvalue weighted by Gasteiger charge is -1.99. The second-order valence-corrected chi connectivity index (χ2v) is 8.05. The van der Waals surface area contributed by atoms with Gasteiger partial charge >= 0.3 is 0 Å². The molecule has 0 saturated carbocycles. The van der Waals surface area contributed by atoms with Crippen molar-refractivity contribution in [3.63, 3.8) is 0 Å². The fourth-order valence-corrected chi connectivity index (χ4v) is 4.16. The highest BCUT2D eigenvalue weighted by Gasteiger charge is 2.14. The zero-order valence-corrected chi connectivity index (χ0v) is 16.0. The Morgan fingerprint density at radius 3 is 2.73 bits per heavy atom. The molecule has 2 amide bonds. The quantitative estimate of drug-likeness (QED) is 0.452. The minimum Gasteiger partial charge on any atom is -0.300 e. The molecule has 0 aliphatic heterocycles. The Morgan fingerprint density at radius 2 is 1.96 bits per heavy atom. The summed E-state index contributed by atoms with van der Waals surface area (Å²) >= 11 is 4.12. The highest BCUT2D eigenvalue weighted by atomic mass is 32.2. The van der Waals surface area contributed by atoms with E-state index in [1.165, 1.54) is 35.1 Å². The molecule has 0 radical (unpaired) electrons. The first-order valence-electron chi connectivity index (χ1n) is 7.43. The third-order valence-electron chi connectivity index (χ3n) is 2.80. The van der Waals surface area contributed by atoms with E-state index in [1.807, 2.05) is 6.92 Å². The van der Waals surface area contributed by atoms with E-state index in [0.29, 0.717) is 16.0 Å². The van der Waals surface area contributed by atoms with E-state index in [0.717, 1.165) is 10.1 Å². The van der Waals surface area contributed by atoms with Crippen molar-refractivity contribution < 1.29 is 9.59 Å². The molecule has 26 heavy (non-hydrogen) atoms. The molecule has 3 aromatic heterocycles. The minimum atomic E-state index is -0.453. The van der Waals surface area contributed by atoms with Gasteiger partial charge in [-0.2, -0.15) is 0 Å². The van der Waals surface area contributed by atoms with Crippen LogP contribution in [0.15, 0.2) is 28.2 Å². The van der Waals surface area contributed by atoms with Crippen molar-refractivity contribution in [2.75, 3.05) is 16.4 Å². The van der Waals surface area contributed by atoms with Gasteiger partial charge in [0, 0.05) is 17.8 Å². The van der Waals surface area contributed by atoms with E-state index < -0.39 is 5.91 Å². The van der Waals surface area contributed by atoms with Crippen molar-refractivity contribution >= 4 is 56.5 Å². The van der Waals surface area contributed by atoms with Gasteiger partial charge in [-0.15, -0.1) is 21.5 Å². The van der Waals surface area contributed by atoms with Crippen LogP contribution in [0.25, 0.3) is 0 Å². The second kappa shape index (κ2) is 8.78. The molecule has 9 nitrogen and oxygen atoms in total. The molecule has 0 aliphatic rings. The largest absolute Gasteiger partial charge is 0.300 e. The number of thiazole rings is 1. The van der Waals surface area contributed by atoms with E-state index in [4.69, 9.17) is 0 Å². The molecule has 0 aliphatic carbocycles. The summed E-state index contributed by atoms with van der Waals surface area (Å²) < 4.78 is 0.810. The maximum absolute atomic E-state index is 12.1. The lowest BCUT2D eigenvalue weighted by atomic mass is 10.3. The Morgan fingerprint density at radius 1 is 1.15 bits per heavy atom. The third-order valence-corrected chi connectivity index (χ3v) is 5.46. The minimum absolute atomic E-state index is 0.0546. The molecule has 0 saturated heterocycles. The molecular formula is C14H13N7O2S3. The molecule has 3 aromatic rings. The van der Waals surface area contributed by atoms with Crippen LogP contribution in [0.5, 0.6) is 0 Å². The first-order chi connectivity index (χ1) is 12.6. The number of carbonyl (C=O) groups is 2. The second-order valence-electron chi connectivity index (χ2n) is 4.70. The Hall–Kier alpha value is -2.44. The third kappa shape index (κ3) is 5.03. The summed E-state index contributed by atoms with van der Waals surface area (Å²) in [6.07, 6.45) is 3.04. The van der Waals surface area contributed by atoms with Crippen molar-refractivity contribution in [3.05, 3.63) is 35.4 Å². The monoisotopic (exact) mass is 407 g/mol. The number of thioether (sulfide) groups is 1. The van der Waals surface area contributed by atoms with Gasteiger partial charge < -0.3 is 5.32 Å². The zero-order chi connectivity index (χ0) is 18.4.